The lowest BCUT2D eigenvalue weighted by atomic mass is 10.1. The van der Waals surface area contributed by atoms with Crippen LogP contribution in [0.2, 0.25) is 0 Å². The first-order valence-corrected chi connectivity index (χ1v) is 8.84. The van der Waals surface area contributed by atoms with Gasteiger partial charge in [0.25, 0.3) is 0 Å². The summed E-state index contributed by atoms with van der Waals surface area (Å²) in [6.45, 7) is 7.00. The molecule has 0 fully saturated rings. The monoisotopic (exact) mass is 344 g/mol. The summed E-state index contributed by atoms with van der Waals surface area (Å²) in [5, 5.41) is 16.6. The van der Waals surface area contributed by atoms with Crippen molar-refractivity contribution in [3.05, 3.63) is 47.8 Å². The zero-order chi connectivity index (χ0) is 18.2. The summed E-state index contributed by atoms with van der Waals surface area (Å²) in [7, 11) is 0. The third-order valence-corrected chi connectivity index (χ3v) is 4.29. The zero-order valence-electron chi connectivity index (χ0n) is 15.3. The summed E-state index contributed by atoms with van der Waals surface area (Å²) in [5.41, 5.74) is 2.98. The quantitative estimate of drug-likeness (QED) is 0.773. The average molecular weight is 344 g/mol. The van der Waals surface area contributed by atoms with E-state index >= 15 is 0 Å². The van der Waals surface area contributed by atoms with Gasteiger partial charge in [0.05, 0.1) is 24.5 Å². The zero-order valence-corrected chi connectivity index (χ0v) is 15.3. The number of carbonyl (C=O) groups excluding carboxylic acids is 1. The van der Waals surface area contributed by atoms with Crippen LogP contribution in [0.5, 0.6) is 0 Å². The highest BCUT2D eigenvalue weighted by atomic mass is 16.3. The molecule has 25 heavy (non-hydrogen) atoms. The van der Waals surface area contributed by atoms with E-state index in [1.165, 1.54) is 0 Å². The number of hydrogen-bond acceptors (Lipinski definition) is 3. The molecule has 0 spiro atoms. The number of aliphatic hydroxyl groups is 1. The minimum Gasteiger partial charge on any atom is -0.395 e. The van der Waals surface area contributed by atoms with E-state index in [0.29, 0.717) is 13.1 Å². The number of benzene rings is 1. The average Bonchev–Trinajstić information content (AvgIpc) is 3.00. The number of unbranched alkanes of at least 4 members (excludes halogenated alkanes) is 1. The summed E-state index contributed by atoms with van der Waals surface area (Å²) in [5.74, 6) is 0. The van der Waals surface area contributed by atoms with Crippen molar-refractivity contribution < 1.29 is 9.90 Å². The fourth-order valence-electron chi connectivity index (χ4n) is 2.82. The molecule has 0 unspecified atom stereocenters. The Bertz CT molecular complexity index is 669. The SMILES string of the molecule is CCCCN(CCO)C(=O)N[C@@H](C)c1cnn(-c2ccccc2)c1C. The molecular weight excluding hydrogens is 316 g/mol. The fourth-order valence-corrected chi connectivity index (χ4v) is 2.82. The molecule has 0 aliphatic rings. The molecule has 0 aliphatic carbocycles. The highest BCUT2D eigenvalue weighted by Gasteiger charge is 2.19. The van der Waals surface area contributed by atoms with Crippen molar-refractivity contribution in [1.82, 2.24) is 20.0 Å². The van der Waals surface area contributed by atoms with Crippen LogP contribution in [0, 0.1) is 6.92 Å². The highest BCUT2D eigenvalue weighted by Crippen LogP contribution is 2.20. The Balaban J connectivity index is 2.09. The van der Waals surface area contributed by atoms with E-state index in [1.807, 2.05) is 48.9 Å². The van der Waals surface area contributed by atoms with Crippen LogP contribution in [-0.4, -0.2) is 45.5 Å². The second-order valence-corrected chi connectivity index (χ2v) is 6.17. The van der Waals surface area contributed by atoms with Crippen LogP contribution in [0.4, 0.5) is 4.79 Å². The molecule has 0 saturated heterocycles. The number of para-hydroxylation sites is 1. The summed E-state index contributed by atoms with van der Waals surface area (Å²) < 4.78 is 1.88. The summed E-state index contributed by atoms with van der Waals surface area (Å²) >= 11 is 0. The van der Waals surface area contributed by atoms with E-state index < -0.39 is 0 Å². The van der Waals surface area contributed by atoms with Crippen molar-refractivity contribution in [1.29, 1.82) is 0 Å². The first-order chi connectivity index (χ1) is 12.1. The van der Waals surface area contributed by atoms with E-state index in [1.54, 1.807) is 11.1 Å². The maximum absolute atomic E-state index is 12.5. The second kappa shape index (κ2) is 9.22. The van der Waals surface area contributed by atoms with Gasteiger partial charge in [0.15, 0.2) is 0 Å². The van der Waals surface area contributed by atoms with Crippen LogP contribution < -0.4 is 5.32 Å². The summed E-state index contributed by atoms with van der Waals surface area (Å²) in [6.07, 6.45) is 3.73. The van der Waals surface area contributed by atoms with Crippen LogP contribution in [-0.2, 0) is 0 Å². The molecule has 2 amide bonds. The third kappa shape index (κ3) is 4.82. The Morgan fingerprint density at radius 2 is 2.04 bits per heavy atom. The van der Waals surface area contributed by atoms with E-state index in [0.717, 1.165) is 29.8 Å². The fraction of sp³-hybridized carbons (Fsp3) is 0.474. The number of nitrogens with one attached hydrogen (secondary N) is 1. The molecule has 1 aromatic carbocycles. The molecular formula is C19H28N4O2. The Labute approximate surface area is 149 Å². The molecule has 0 bridgehead atoms. The van der Waals surface area contributed by atoms with Crippen LogP contribution in [0.15, 0.2) is 36.5 Å². The predicted octanol–water partition coefficient (Wildman–Crippen LogP) is 3.05. The summed E-state index contributed by atoms with van der Waals surface area (Å²) in [4.78, 5) is 14.2. The molecule has 1 atom stereocenters. The van der Waals surface area contributed by atoms with Crippen molar-refractivity contribution in [2.75, 3.05) is 19.7 Å². The molecule has 2 aromatic rings. The molecule has 6 heteroatoms. The molecule has 2 N–H and O–H groups in total. The maximum atomic E-state index is 12.5. The van der Waals surface area contributed by atoms with Gasteiger partial charge in [0, 0.05) is 24.3 Å². The van der Waals surface area contributed by atoms with Gasteiger partial charge in [-0.15, -0.1) is 0 Å². The number of hydrogen-bond donors (Lipinski definition) is 2. The van der Waals surface area contributed by atoms with Crippen LogP contribution in [0.25, 0.3) is 5.69 Å². The van der Waals surface area contributed by atoms with Gasteiger partial charge in [0.2, 0.25) is 0 Å². The normalized spacial score (nSPS) is 12.0. The molecule has 2 rings (SSSR count). The lowest BCUT2D eigenvalue weighted by Crippen LogP contribution is -2.43. The number of carbonyl (C=O) groups is 1. The molecule has 136 valence electrons. The Hall–Kier alpha value is -2.34. The molecule has 1 heterocycles. The number of nitrogens with zero attached hydrogens (tertiary/aromatic N) is 3. The van der Waals surface area contributed by atoms with Gasteiger partial charge in [-0.05, 0) is 32.4 Å². The van der Waals surface area contributed by atoms with Crippen LogP contribution in [0.1, 0.15) is 44.0 Å². The Morgan fingerprint density at radius 1 is 1.32 bits per heavy atom. The number of urea groups is 1. The minimum atomic E-state index is -0.159. The highest BCUT2D eigenvalue weighted by molar-refractivity contribution is 5.74. The van der Waals surface area contributed by atoms with E-state index in [2.05, 4.69) is 17.3 Å². The lowest BCUT2D eigenvalue weighted by Gasteiger charge is -2.24. The smallest absolute Gasteiger partial charge is 0.317 e. The molecule has 0 saturated carbocycles. The van der Waals surface area contributed by atoms with Crippen molar-refractivity contribution in [3.8, 4) is 5.69 Å². The second-order valence-electron chi connectivity index (χ2n) is 6.17. The van der Waals surface area contributed by atoms with Crippen LogP contribution in [0.3, 0.4) is 0 Å². The first-order valence-electron chi connectivity index (χ1n) is 8.84. The number of amides is 2. The minimum absolute atomic E-state index is 0.0313. The van der Waals surface area contributed by atoms with E-state index in [4.69, 9.17) is 0 Å². The van der Waals surface area contributed by atoms with Crippen molar-refractivity contribution in [3.63, 3.8) is 0 Å². The van der Waals surface area contributed by atoms with Gasteiger partial charge in [0.1, 0.15) is 0 Å². The standard InChI is InChI=1S/C19H28N4O2/c1-4-5-11-22(12-13-24)19(25)21-15(2)18-14-20-23(16(18)3)17-9-7-6-8-10-17/h6-10,14-15,24H,4-5,11-13H2,1-3H3,(H,21,25)/t15-/m0/s1. The van der Waals surface area contributed by atoms with E-state index in [9.17, 15) is 9.90 Å². The maximum Gasteiger partial charge on any atom is 0.317 e. The van der Waals surface area contributed by atoms with E-state index in [-0.39, 0.29) is 18.7 Å². The van der Waals surface area contributed by atoms with Crippen molar-refractivity contribution in [2.45, 2.75) is 39.7 Å². The lowest BCUT2D eigenvalue weighted by molar-refractivity contribution is 0.173. The topological polar surface area (TPSA) is 70.4 Å². The number of aliphatic hydroxyl groups excluding tert-OH is 1. The van der Waals surface area contributed by atoms with Gasteiger partial charge in [-0.25, -0.2) is 9.48 Å². The molecule has 0 radical (unpaired) electrons. The van der Waals surface area contributed by atoms with Gasteiger partial charge >= 0.3 is 6.03 Å². The van der Waals surface area contributed by atoms with Crippen molar-refractivity contribution >= 4 is 6.03 Å². The third-order valence-electron chi connectivity index (χ3n) is 4.29. The Kier molecular flexibility index (Phi) is 7.01. The Morgan fingerprint density at radius 3 is 2.68 bits per heavy atom. The number of aromatic nitrogens is 2. The summed E-state index contributed by atoms with van der Waals surface area (Å²) in [6, 6.07) is 9.61. The van der Waals surface area contributed by atoms with Gasteiger partial charge in [-0.1, -0.05) is 31.5 Å². The number of rotatable bonds is 8. The van der Waals surface area contributed by atoms with Gasteiger partial charge < -0.3 is 15.3 Å². The molecule has 0 aliphatic heterocycles. The van der Waals surface area contributed by atoms with Gasteiger partial charge in [-0.3, -0.25) is 0 Å². The molecule has 1 aromatic heterocycles. The largest absolute Gasteiger partial charge is 0.395 e. The van der Waals surface area contributed by atoms with Crippen LogP contribution >= 0.6 is 0 Å². The first kappa shape index (κ1) is 19.0. The predicted molar refractivity (Wildman–Crippen MR) is 98.8 cm³/mol. The van der Waals surface area contributed by atoms with Gasteiger partial charge in [-0.2, -0.15) is 5.10 Å². The van der Waals surface area contributed by atoms with Crippen molar-refractivity contribution in [2.24, 2.45) is 0 Å². The molecule has 6 nitrogen and oxygen atoms in total.